The van der Waals surface area contributed by atoms with Gasteiger partial charge in [-0.15, -0.1) is 0 Å². The number of aryl methyl sites for hydroxylation is 1. The maximum absolute atomic E-state index is 12.3. The third-order valence-corrected chi connectivity index (χ3v) is 4.53. The van der Waals surface area contributed by atoms with Gasteiger partial charge in [0.2, 0.25) is 5.91 Å². The van der Waals surface area contributed by atoms with E-state index in [1.807, 2.05) is 67.7 Å². The third-order valence-electron chi connectivity index (χ3n) is 4.18. The van der Waals surface area contributed by atoms with E-state index in [4.69, 9.17) is 11.6 Å². The highest BCUT2D eigenvalue weighted by Gasteiger charge is 2.18. The molecule has 0 aliphatic rings. The number of amides is 2. The number of nitrogens with two attached hydrogens (primary N) is 1. The summed E-state index contributed by atoms with van der Waals surface area (Å²) < 4.78 is 0. The molecule has 0 aromatic heterocycles. The van der Waals surface area contributed by atoms with Gasteiger partial charge >= 0.3 is 0 Å². The summed E-state index contributed by atoms with van der Waals surface area (Å²) in [5.41, 5.74) is 2.83. The minimum Gasteiger partial charge on any atom is -0.332 e. The third kappa shape index (κ3) is 5.86. The predicted octanol–water partition coefficient (Wildman–Crippen LogP) is 2.37. The highest BCUT2D eigenvalue weighted by atomic mass is 35.5. The van der Waals surface area contributed by atoms with E-state index in [0.717, 1.165) is 16.8 Å². The van der Waals surface area contributed by atoms with Crippen LogP contribution in [0.4, 0.5) is 5.69 Å². The molecule has 3 N–H and O–H groups in total. The van der Waals surface area contributed by atoms with Crippen molar-refractivity contribution >= 4 is 29.1 Å². The number of rotatable bonds is 7. The van der Waals surface area contributed by atoms with Gasteiger partial charge in [-0.25, -0.2) is 0 Å². The maximum atomic E-state index is 12.3. The Bertz CT molecular complexity index is 762. The van der Waals surface area contributed by atoms with Gasteiger partial charge in [0.05, 0.1) is 6.54 Å². The van der Waals surface area contributed by atoms with Gasteiger partial charge < -0.3 is 15.5 Å². The number of halogens is 1. The van der Waals surface area contributed by atoms with Gasteiger partial charge in [0.15, 0.2) is 6.54 Å². The Hall–Kier alpha value is -2.37. The van der Waals surface area contributed by atoms with E-state index in [1.54, 1.807) is 7.05 Å². The second-order valence-corrected chi connectivity index (χ2v) is 6.82. The second kappa shape index (κ2) is 9.36. The Morgan fingerprint density at radius 1 is 1.15 bits per heavy atom. The monoisotopic (exact) mass is 374 g/mol. The Morgan fingerprint density at radius 2 is 1.81 bits per heavy atom. The first-order valence-electron chi connectivity index (χ1n) is 8.55. The first-order valence-corrected chi connectivity index (χ1v) is 8.93. The molecular formula is C20H25ClN3O2+. The SMILES string of the molecule is Cc1ccc(NC(=O)CN(C)C(=O)C[NH2+][C@H](C)c2ccccc2Cl)cc1. The number of carbonyl (C=O) groups excluding carboxylic acids is 2. The molecule has 6 heteroatoms. The Labute approximate surface area is 159 Å². The minimum atomic E-state index is -0.219. The summed E-state index contributed by atoms with van der Waals surface area (Å²) in [5.74, 6) is -0.327. The van der Waals surface area contributed by atoms with Crippen molar-refractivity contribution in [3.63, 3.8) is 0 Å². The lowest BCUT2D eigenvalue weighted by Gasteiger charge is -2.18. The topological polar surface area (TPSA) is 66.0 Å². The number of hydrogen-bond donors (Lipinski definition) is 2. The summed E-state index contributed by atoms with van der Waals surface area (Å²) >= 11 is 6.18. The van der Waals surface area contributed by atoms with Crippen LogP contribution in [0.25, 0.3) is 0 Å². The van der Waals surface area contributed by atoms with E-state index in [1.165, 1.54) is 4.90 Å². The van der Waals surface area contributed by atoms with E-state index in [-0.39, 0.29) is 30.9 Å². The summed E-state index contributed by atoms with van der Waals surface area (Å²) in [6.45, 7) is 4.25. The van der Waals surface area contributed by atoms with Crippen LogP contribution in [0.1, 0.15) is 24.1 Å². The van der Waals surface area contributed by atoms with Crippen molar-refractivity contribution < 1.29 is 14.9 Å². The van der Waals surface area contributed by atoms with Crippen LogP contribution in [-0.4, -0.2) is 36.9 Å². The van der Waals surface area contributed by atoms with Gasteiger partial charge in [-0.3, -0.25) is 9.59 Å². The highest BCUT2D eigenvalue weighted by molar-refractivity contribution is 6.31. The zero-order valence-electron chi connectivity index (χ0n) is 15.3. The van der Waals surface area contributed by atoms with Crippen LogP contribution in [0.5, 0.6) is 0 Å². The summed E-state index contributed by atoms with van der Waals surface area (Å²) in [6, 6.07) is 15.2. The largest absolute Gasteiger partial charge is 0.332 e. The van der Waals surface area contributed by atoms with Crippen molar-refractivity contribution in [3.05, 3.63) is 64.7 Å². The van der Waals surface area contributed by atoms with Crippen molar-refractivity contribution in [2.45, 2.75) is 19.9 Å². The summed E-state index contributed by atoms with van der Waals surface area (Å²) in [6.07, 6.45) is 0. The van der Waals surface area contributed by atoms with Gasteiger partial charge in [-0.2, -0.15) is 0 Å². The van der Waals surface area contributed by atoms with E-state index in [0.29, 0.717) is 5.02 Å². The number of carbonyl (C=O) groups is 2. The fourth-order valence-electron chi connectivity index (χ4n) is 2.55. The van der Waals surface area contributed by atoms with Gasteiger partial charge in [-0.1, -0.05) is 47.5 Å². The van der Waals surface area contributed by atoms with Crippen LogP contribution in [0.3, 0.4) is 0 Å². The fourth-order valence-corrected chi connectivity index (χ4v) is 2.85. The Balaban J connectivity index is 1.80. The lowest BCUT2D eigenvalue weighted by molar-refractivity contribution is -0.683. The van der Waals surface area contributed by atoms with E-state index < -0.39 is 0 Å². The van der Waals surface area contributed by atoms with Crippen molar-refractivity contribution in [1.82, 2.24) is 4.90 Å². The molecule has 2 amide bonds. The highest BCUT2D eigenvalue weighted by Crippen LogP contribution is 2.19. The average molecular weight is 375 g/mol. The van der Waals surface area contributed by atoms with Crippen LogP contribution in [0, 0.1) is 6.92 Å². The molecule has 0 saturated carbocycles. The predicted molar refractivity (Wildman–Crippen MR) is 104 cm³/mol. The number of nitrogens with one attached hydrogen (secondary N) is 1. The van der Waals surface area contributed by atoms with Crippen LogP contribution >= 0.6 is 11.6 Å². The molecule has 1 atom stereocenters. The van der Waals surface area contributed by atoms with Crippen LogP contribution in [0.15, 0.2) is 48.5 Å². The number of likely N-dealkylation sites (N-methyl/N-ethyl adjacent to an activating group) is 1. The molecule has 138 valence electrons. The molecule has 0 radical (unpaired) electrons. The molecule has 0 aliphatic carbocycles. The van der Waals surface area contributed by atoms with Gasteiger partial charge in [0.25, 0.3) is 5.91 Å². The smallest absolute Gasteiger partial charge is 0.277 e. The summed E-state index contributed by atoms with van der Waals surface area (Å²) in [7, 11) is 1.63. The second-order valence-electron chi connectivity index (χ2n) is 6.41. The number of benzene rings is 2. The van der Waals surface area contributed by atoms with E-state index >= 15 is 0 Å². The van der Waals surface area contributed by atoms with E-state index in [2.05, 4.69) is 5.32 Å². The first-order chi connectivity index (χ1) is 12.4. The normalized spacial score (nSPS) is 11.7. The Kier molecular flexibility index (Phi) is 7.18. The maximum Gasteiger partial charge on any atom is 0.277 e. The molecule has 0 heterocycles. The van der Waals surface area contributed by atoms with Crippen molar-refractivity contribution in [2.24, 2.45) is 0 Å². The molecular weight excluding hydrogens is 350 g/mol. The molecule has 26 heavy (non-hydrogen) atoms. The molecule has 0 aliphatic heterocycles. The Morgan fingerprint density at radius 3 is 2.46 bits per heavy atom. The first kappa shape index (κ1) is 19.9. The molecule has 5 nitrogen and oxygen atoms in total. The van der Waals surface area contributed by atoms with Crippen LogP contribution in [0.2, 0.25) is 5.02 Å². The van der Waals surface area contributed by atoms with Crippen molar-refractivity contribution in [1.29, 1.82) is 0 Å². The zero-order chi connectivity index (χ0) is 19.1. The van der Waals surface area contributed by atoms with E-state index in [9.17, 15) is 9.59 Å². The molecule has 0 saturated heterocycles. The molecule has 0 spiro atoms. The summed E-state index contributed by atoms with van der Waals surface area (Å²) in [5, 5.41) is 5.40. The van der Waals surface area contributed by atoms with Gasteiger partial charge in [0, 0.05) is 23.3 Å². The lowest BCUT2D eigenvalue weighted by atomic mass is 10.1. The average Bonchev–Trinajstić information content (AvgIpc) is 2.61. The number of anilines is 1. The molecule has 0 bridgehead atoms. The molecule has 2 rings (SSSR count). The van der Waals surface area contributed by atoms with Crippen molar-refractivity contribution in [3.8, 4) is 0 Å². The molecule has 2 aromatic carbocycles. The minimum absolute atomic E-state index is 0.0149. The molecule has 0 fully saturated rings. The van der Waals surface area contributed by atoms with Crippen LogP contribution < -0.4 is 10.6 Å². The van der Waals surface area contributed by atoms with Gasteiger partial charge in [0.1, 0.15) is 6.04 Å². The quantitative estimate of drug-likeness (QED) is 0.781. The standard InChI is InChI=1S/C20H24ClN3O2/c1-14-8-10-16(11-9-14)23-19(25)13-24(3)20(26)12-22-15(2)17-6-4-5-7-18(17)21/h4-11,15,22H,12-13H2,1-3H3,(H,23,25)/p+1/t15-/m1/s1. The van der Waals surface area contributed by atoms with Gasteiger partial charge in [-0.05, 0) is 32.0 Å². The fraction of sp³-hybridized carbons (Fsp3) is 0.300. The molecule has 2 aromatic rings. The summed E-state index contributed by atoms with van der Waals surface area (Å²) in [4.78, 5) is 25.8. The number of nitrogens with zero attached hydrogens (tertiary/aromatic N) is 1. The zero-order valence-corrected chi connectivity index (χ0v) is 16.1. The van der Waals surface area contributed by atoms with Crippen molar-refractivity contribution in [2.75, 3.05) is 25.5 Å². The lowest BCUT2D eigenvalue weighted by Crippen LogP contribution is -2.87. The molecule has 0 unspecified atom stereocenters. The number of hydrogen-bond acceptors (Lipinski definition) is 2. The number of quaternary nitrogens is 1. The van der Waals surface area contributed by atoms with Crippen LogP contribution in [-0.2, 0) is 9.59 Å².